The van der Waals surface area contributed by atoms with Gasteiger partial charge in [-0.15, -0.1) is 0 Å². The van der Waals surface area contributed by atoms with Crippen molar-refractivity contribution in [2.24, 2.45) is 0 Å². The zero-order chi connectivity index (χ0) is 23.0. The van der Waals surface area contributed by atoms with Crippen LogP contribution in [-0.2, 0) is 9.84 Å². The van der Waals surface area contributed by atoms with Crippen LogP contribution in [-0.4, -0.2) is 56.3 Å². The van der Waals surface area contributed by atoms with E-state index < -0.39 is 15.7 Å². The van der Waals surface area contributed by atoms with Gasteiger partial charge in [-0.1, -0.05) is 19.1 Å². The Hall–Kier alpha value is -2.97. The fourth-order valence-electron chi connectivity index (χ4n) is 3.73. The highest BCUT2D eigenvalue weighted by Gasteiger charge is 2.21. The number of nitrogens with one attached hydrogen (secondary N) is 1. The summed E-state index contributed by atoms with van der Waals surface area (Å²) in [5, 5.41) is 1.58. The molecule has 0 amide bonds. The monoisotopic (exact) mass is 455 g/mol. The Labute approximate surface area is 186 Å². The SMILES string of the molecule is CCS(=O)(=O)c1cccc(-c2cc(F)c(OCCN(C)C)c3[nH]c4ncc(C)cc4c23)c1. The topological polar surface area (TPSA) is 75.3 Å². The third kappa shape index (κ3) is 4.08. The molecule has 4 rings (SSSR count). The standard InChI is InChI=1S/C24H26FN3O3S/c1-5-32(29,30)17-8-6-7-16(12-17)18-13-20(25)23(31-10-9-28(3)4)22-21(18)19-11-15(2)14-26-24(19)27-22/h6-8,11-14H,5,9-10H2,1-4H3,(H,26,27). The molecule has 0 unspecified atom stereocenters. The molecule has 2 aromatic carbocycles. The summed E-state index contributed by atoms with van der Waals surface area (Å²) < 4.78 is 46.0. The minimum absolute atomic E-state index is 0.00488. The maximum Gasteiger partial charge on any atom is 0.179 e. The molecule has 0 saturated heterocycles. The molecule has 0 spiro atoms. The number of sulfone groups is 1. The zero-order valence-corrected chi connectivity index (χ0v) is 19.4. The van der Waals surface area contributed by atoms with Crippen LogP contribution in [0.4, 0.5) is 4.39 Å². The van der Waals surface area contributed by atoms with Crippen LogP contribution in [0.1, 0.15) is 12.5 Å². The number of hydrogen-bond donors (Lipinski definition) is 1. The van der Waals surface area contributed by atoms with Gasteiger partial charge in [0, 0.05) is 23.5 Å². The van der Waals surface area contributed by atoms with Crippen LogP contribution in [0.3, 0.4) is 0 Å². The molecule has 8 heteroatoms. The average molecular weight is 456 g/mol. The molecule has 168 valence electrons. The van der Waals surface area contributed by atoms with Crippen molar-refractivity contribution >= 4 is 31.8 Å². The quantitative estimate of drug-likeness (QED) is 0.442. The Morgan fingerprint density at radius 1 is 1.19 bits per heavy atom. The number of nitrogens with zero attached hydrogens (tertiary/aromatic N) is 2. The Balaban J connectivity index is 1.99. The molecule has 0 fully saturated rings. The van der Waals surface area contributed by atoms with Crippen LogP contribution in [0, 0.1) is 12.7 Å². The molecule has 0 saturated carbocycles. The molecule has 4 aromatic rings. The first-order valence-corrected chi connectivity index (χ1v) is 12.1. The van der Waals surface area contributed by atoms with Gasteiger partial charge in [-0.2, -0.15) is 0 Å². The van der Waals surface area contributed by atoms with E-state index in [9.17, 15) is 8.42 Å². The fraction of sp³-hybridized carbons (Fsp3) is 0.292. The predicted octanol–water partition coefficient (Wildman–Crippen LogP) is 4.56. The predicted molar refractivity (Wildman–Crippen MR) is 126 cm³/mol. The molecule has 32 heavy (non-hydrogen) atoms. The summed E-state index contributed by atoms with van der Waals surface area (Å²) in [6.07, 6.45) is 1.74. The second-order valence-electron chi connectivity index (χ2n) is 8.10. The largest absolute Gasteiger partial charge is 0.487 e. The molecule has 0 aliphatic heterocycles. The number of halogens is 1. The second kappa shape index (κ2) is 8.52. The van der Waals surface area contributed by atoms with Crippen molar-refractivity contribution in [3.63, 3.8) is 0 Å². The highest BCUT2D eigenvalue weighted by molar-refractivity contribution is 7.91. The number of pyridine rings is 1. The zero-order valence-electron chi connectivity index (χ0n) is 18.6. The number of H-pyrrole nitrogens is 1. The molecule has 1 N–H and O–H groups in total. The lowest BCUT2D eigenvalue weighted by atomic mass is 9.99. The lowest BCUT2D eigenvalue weighted by molar-refractivity contribution is 0.254. The average Bonchev–Trinajstić information content (AvgIpc) is 3.13. The van der Waals surface area contributed by atoms with Gasteiger partial charge in [0.15, 0.2) is 21.4 Å². The summed E-state index contributed by atoms with van der Waals surface area (Å²) in [5.74, 6) is -0.383. The number of aromatic amines is 1. The van der Waals surface area contributed by atoms with Crippen molar-refractivity contribution in [3.05, 3.63) is 54.0 Å². The summed E-state index contributed by atoms with van der Waals surface area (Å²) in [6.45, 7) is 4.51. The van der Waals surface area contributed by atoms with E-state index in [1.54, 1.807) is 37.4 Å². The molecular weight excluding hydrogens is 429 g/mol. The number of hydrogen-bond acceptors (Lipinski definition) is 5. The molecule has 2 aromatic heterocycles. The number of aromatic nitrogens is 2. The molecule has 0 radical (unpaired) electrons. The number of benzene rings is 2. The van der Waals surface area contributed by atoms with Crippen molar-refractivity contribution in [3.8, 4) is 16.9 Å². The number of ether oxygens (including phenoxy) is 1. The van der Waals surface area contributed by atoms with E-state index in [1.165, 1.54) is 6.07 Å². The number of rotatable bonds is 7. The molecule has 0 aliphatic carbocycles. The fourth-order valence-corrected chi connectivity index (χ4v) is 4.66. The van der Waals surface area contributed by atoms with Gasteiger partial charge < -0.3 is 14.6 Å². The maximum absolute atomic E-state index is 15.3. The van der Waals surface area contributed by atoms with E-state index in [4.69, 9.17) is 4.74 Å². The minimum atomic E-state index is -3.40. The van der Waals surface area contributed by atoms with Gasteiger partial charge in [0.2, 0.25) is 0 Å². The van der Waals surface area contributed by atoms with Gasteiger partial charge in [0.05, 0.1) is 16.2 Å². The molecular formula is C24H26FN3O3S. The highest BCUT2D eigenvalue weighted by Crippen LogP contribution is 2.41. The van der Waals surface area contributed by atoms with Crippen LogP contribution in [0.5, 0.6) is 5.75 Å². The van der Waals surface area contributed by atoms with Crippen molar-refractivity contribution in [2.75, 3.05) is 33.0 Å². The van der Waals surface area contributed by atoms with E-state index >= 15 is 4.39 Å². The lowest BCUT2D eigenvalue weighted by Gasteiger charge is -2.14. The Kier molecular flexibility index (Phi) is 5.92. The van der Waals surface area contributed by atoms with E-state index in [-0.39, 0.29) is 16.4 Å². The van der Waals surface area contributed by atoms with Gasteiger partial charge in [-0.3, -0.25) is 0 Å². The first kappa shape index (κ1) is 22.2. The first-order valence-electron chi connectivity index (χ1n) is 10.4. The van der Waals surface area contributed by atoms with Crippen LogP contribution in [0.25, 0.3) is 33.1 Å². The normalized spacial score (nSPS) is 12.2. The van der Waals surface area contributed by atoms with Crippen molar-refractivity contribution in [2.45, 2.75) is 18.7 Å². The Bertz CT molecular complexity index is 1410. The lowest BCUT2D eigenvalue weighted by Crippen LogP contribution is -2.19. The smallest absolute Gasteiger partial charge is 0.179 e. The second-order valence-corrected chi connectivity index (χ2v) is 10.4. The van der Waals surface area contributed by atoms with Crippen LogP contribution < -0.4 is 4.74 Å². The van der Waals surface area contributed by atoms with Crippen LogP contribution in [0.2, 0.25) is 0 Å². The number of fused-ring (bicyclic) bond motifs is 3. The van der Waals surface area contributed by atoms with Crippen LogP contribution >= 0.6 is 0 Å². The molecule has 0 atom stereocenters. The third-order valence-corrected chi connectivity index (χ3v) is 7.17. The van der Waals surface area contributed by atoms with E-state index in [0.717, 1.165) is 16.3 Å². The summed E-state index contributed by atoms with van der Waals surface area (Å²) in [7, 11) is 0.444. The number of likely N-dealkylation sites (N-methyl/N-ethyl adjacent to an activating group) is 1. The highest BCUT2D eigenvalue weighted by atomic mass is 32.2. The van der Waals surface area contributed by atoms with Crippen molar-refractivity contribution < 1.29 is 17.5 Å². The van der Waals surface area contributed by atoms with E-state index in [2.05, 4.69) is 9.97 Å². The molecule has 6 nitrogen and oxygen atoms in total. The summed E-state index contributed by atoms with van der Waals surface area (Å²) in [4.78, 5) is 9.85. The summed E-state index contributed by atoms with van der Waals surface area (Å²) >= 11 is 0. The Morgan fingerprint density at radius 2 is 1.97 bits per heavy atom. The van der Waals surface area contributed by atoms with Crippen LogP contribution in [0.15, 0.2) is 47.5 Å². The Morgan fingerprint density at radius 3 is 2.69 bits per heavy atom. The van der Waals surface area contributed by atoms with Gasteiger partial charge in [0.25, 0.3) is 0 Å². The minimum Gasteiger partial charge on any atom is -0.487 e. The maximum atomic E-state index is 15.3. The van der Waals surface area contributed by atoms with E-state index in [0.29, 0.717) is 35.4 Å². The van der Waals surface area contributed by atoms with E-state index in [1.807, 2.05) is 32.0 Å². The molecule has 2 heterocycles. The third-order valence-electron chi connectivity index (χ3n) is 5.44. The molecule has 0 bridgehead atoms. The number of aryl methyl sites for hydroxylation is 1. The van der Waals surface area contributed by atoms with Gasteiger partial charge >= 0.3 is 0 Å². The van der Waals surface area contributed by atoms with Gasteiger partial charge in [0.1, 0.15) is 12.3 Å². The summed E-state index contributed by atoms with van der Waals surface area (Å²) in [5.41, 5.74) is 3.30. The van der Waals surface area contributed by atoms with Gasteiger partial charge in [-0.05, 0) is 62.0 Å². The van der Waals surface area contributed by atoms with Crippen molar-refractivity contribution in [1.29, 1.82) is 0 Å². The molecule has 0 aliphatic rings. The van der Waals surface area contributed by atoms with Crippen molar-refractivity contribution in [1.82, 2.24) is 14.9 Å². The summed E-state index contributed by atoms with van der Waals surface area (Å²) in [6, 6.07) is 10.0. The van der Waals surface area contributed by atoms with Gasteiger partial charge in [-0.25, -0.2) is 17.8 Å². The first-order chi connectivity index (χ1) is 15.2.